The Morgan fingerprint density at radius 1 is 1.44 bits per heavy atom. The number of methoxy groups -OCH3 is 1. The van der Waals surface area contributed by atoms with Gasteiger partial charge in [-0.1, -0.05) is 23.7 Å². The number of hydrogen-bond acceptors (Lipinski definition) is 3. The summed E-state index contributed by atoms with van der Waals surface area (Å²) in [6.45, 7) is 0. The van der Waals surface area contributed by atoms with Crippen LogP contribution in [0.4, 0.5) is 0 Å². The van der Waals surface area contributed by atoms with Crippen molar-refractivity contribution in [2.75, 3.05) is 7.11 Å². The Morgan fingerprint density at radius 2 is 2.19 bits per heavy atom. The van der Waals surface area contributed by atoms with Crippen molar-refractivity contribution in [3.05, 3.63) is 35.1 Å². The maximum Gasteiger partial charge on any atom is 0.178 e. The van der Waals surface area contributed by atoms with Crippen LogP contribution in [0.3, 0.4) is 0 Å². The van der Waals surface area contributed by atoms with Gasteiger partial charge in [0.25, 0.3) is 0 Å². The summed E-state index contributed by atoms with van der Waals surface area (Å²) in [7, 11) is 1.58. The van der Waals surface area contributed by atoms with Gasteiger partial charge in [0.2, 0.25) is 0 Å². The molecule has 0 radical (unpaired) electrons. The minimum Gasteiger partial charge on any atom is -0.496 e. The Kier molecular flexibility index (Phi) is 2.80. The van der Waals surface area contributed by atoms with Crippen LogP contribution in [-0.4, -0.2) is 17.1 Å². The second kappa shape index (κ2) is 4.25. The third kappa shape index (κ3) is 1.73. The Hall–Kier alpha value is -1.99. The number of rotatable bonds is 2. The molecule has 1 aromatic carbocycles. The molecule has 0 fully saturated rings. The van der Waals surface area contributed by atoms with E-state index in [1.807, 2.05) is 30.3 Å². The molecule has 0 bridgehead atoms. The highest BCUT2D eigenvalue weighted by molar-refractivity contribution is 6.30. The van der Waals surface area contributed by atoms with E-state index < -0.39 is 0 Å². The van der Waals surface area contributed by atoms with Crippen molar-refractivity contribution in [2.45, 2.75) is 0 Å². The van der Waals surface area contributed by atoms with Gasteiger partial charge in [-0.2, -0.15) is 5.26 Å². The fourth-order valence-electron chi connectivity index (χ4n) is 1.39. The summed E-state index contributed by atoms with van der Waals surface area (Å²) in [5, 5.41) is 9.00. The van der Waals surface area contributed by atoms with Gasteiger partial charge >= 0.3 is 0 Å². The Bertz CT molecular complexity index is 557. The van der Waals surface area contributed by atoms with Crippen molar-refractivity contribution in [3.8, 4) is 23.2 Å². The van der Waals surface area contributed by atoms with Crippen molar-refractivity contribution >= 4 is 11.6 Å². The van der Waals surface area contributed by atoms with Crippen LogP contribution in [0.5, 0.6) is 5.75 Å². The minimum absolute atomic E-state index is 0.183. The standard InChI is InChI=1S/C11H8ClN3O/c1-16-9-5-3-2-4-7(9)11-14-8(6-13)10(12)15-11/h2-5H,1H3,(H,14,15). The number of nitriles is 1. The van der Waals surface area contributed by atoms with E-state index in [4.69, 9.17) is 21.6 Å². The van der Waals surface area contributed by atoms with Gasteiger partial charge in [0, 0.05) is 0 Å². The second-order valence-electron chi connectivity index (χ2n) is 3.06. The first-order valence-corrected chi connectivity index (χ1v) is 4.93. The first-order valence-electron chi connectivity index (χ1n) is 4.55. The van der Waals surface area contributed by atoms with E-state index in [0.29, 0.717) is 11.6 Å². The van der Waals surface area contributed by atoms with Gasteiger partial charge < -0.3 is 9.72 Å². The van der Waals surface area contributed by atoms with Gasteiger partial charge in [-0.15, -0.1) is 0 Å². The summed E-state index contributed by atoms with van der Waals surface area (Å²) in [4.78, 5) is 6.92. The average molecular weight is 234 g/mol. The fourth-order valence-corrected chi connectivity index (χ4v) is 1.57. The molecular formula is C11H8ClN3O. The third-order valence-electron chi connectivity index (χ3n) is 2.13. The van der Waals surface area contributed by atoms with E-state index in [0.717, 1.165) is 5.56 Å². The average Bonchev–Trinajstić information content (AvgIpc) is 2.70. The molecule has 2 aromatic rings. The highest BCUT2D eigenvalue weighted by Gasteiger charge is 2.12. The highest BCUT2D eigenvalue weighted by Crippen LogP contribution is 2.28. The van der Waals surface area contributed by atoms with Gasteiger partial charge in [0.1, 0.15) is 22.8 Å². The largest absolute Gasteiger partial charge is 0.496 e. The van der Waals surface area contributed by atoms with Gasteiger partial charge in [0.15, 0.2) is 5.69 Å². The van der Waals surface area contributed by atoms with E-state index in [1.54, 1.807) is 7.11 Å². The molecule has 0 unspecified atom stereocenters. The molecule has 5 heteroatoms. The maximum atomic E-state index is 8.76. The molecule has 0 amide bonds. The number of aromatic nitrogens is 2. The molecular weight excluding hydrogens is 226 g/mol. The Morgan fingerprint density at radius 3 is 2.81 bits per heavy atom. The number of imidazole rings is 1. The minimum atomic E-state index is 0.183. The Labute approximate surface area is 97.5 Å². The zero-order valence-corrected chi connectivity index (χ0v) is 9.25. The van der Waals surface area contributed by atoms with Crippen molar-refractivity contribution in [2.24, 2.45) is 0 Å². The number of aromatic amines is 1. The van der Waals surface area contributed by atoms with Crippen LogP contribution in [0.25, 0.3) is 11.4 Å². The molecule has 0 aliphatic carbocycles. The molecule has 0 aliphatic heterocycles. The van der Waals surface area contributed by atoms with E-state index in [9.17, 15) is 0 Å². The van der Waals surface area contributed by atoms with Crippen molar-refractivity contribution in [1.29, 1.82) is 5.26 Å². The monoisotopic (exact) mass is 233 g/mol. The van der Waals surface area contributed by atoms with E-state index in [1.165, 1.54) is 0 Å². The second-order valence-corrected chi connectivity index (χ2v) is 3.44. The zero-order valence-electron chi connectivity index (χ0n) is 8.49. The molecule has 1 heterocycles. The normalized spacial score (nSPS) is 9.81. The lowest BCUT2D eigenvalue weighted by atomic mass is 10.2. The smallest absolute Gasteiger partial charge is 0.178 e. The first-order chi connectivity index (χ1) is 7.76. The molecule has 1 N–H and O–H groups in total. The number of nitrogens with one attached hydrogen (secondary N) is 1. The summed E-state index contributed by atoms with van der Waals surface area (Å²) in [5.41, 5.74) is 0.955. The van der Waals surface area contributed by atoms with Crippen molar-refractivity contribution in [1.82, 2.24) is 9.97 Å². The quantitative estimate of drug-likeness (QED) is 0.867. The Balaban J connectivity index is 2.55. The van der Waals surface area contributed by atoms with Crippen LogP contribution in [0.1, 0.15) is 5.69 Å². The van der Waals surface area contributed by atoms with Crippen LogP contribution in [0, 0.1) is 11.3 Å². The van der Waals surface area contributed by atoms with Crippen LogP contribution in [-0.2, 0) is 0 Å². The molecule has 80 valence electrons. The molecule has 0 spiro atoms. The van der Waals surface area contributed by atoms with Crippen LogP contribution in [0.2, 0.25) is 5.15 Å². The molecule has 1 aromatic heterocycles. The van der Waals surface area contributed by atoms with Gasteiger partial charge in [-0.3, -0.25) is 0 Å². The van der Waals surface area contributed by atoms with E-state index >= 15 is 0 Å². The number of nitrogens with zero attached hydrogens (tertiary/aromatic N) is 2. The zero-order chi connectivity index (χ0) is 11.5. The van der Waals surface area contributed by atoms with E-state index in [2.05, 4.69) is 9.97 Å². The topological polar surface area (TPSA) is 61.7 Å². The third-order valence-corrected chi connectivity index (χ3v) is 2.40. The lowest BCUT2D eigenvalue weighted by Gasteiger charge is -2.04. The van der Waals surface area contributed by atoms with Crippen LogP contribution in [0.15, 0.2) is 24.3 Å². The molecule has 0 saturated carbocycles. The predicted octanol–water partition coefficient (Wildman–Crippen LogP) is 2.61. The number of benzene rings is 1. The number of halogens is 1. The predicted molar refractivity (Wildman–Crippen MR) is 60.3 cm³/mol. The number of ether oxygens (including phenoxy) is 1. The van der Waals surface area contributed by atoms with E-state index in [-0.39, 0.29) is 10.8 Å². The van der Waals surface area contributed by atoms with Crippen LogP contribution >= 0.6 is 11.6 Å². The van der Waals surface area contributed by atoms with Gasteiger partial charge in [0.05, 0.1) is 12.7 Å². The molecule has 2 rings (SSSR count). The summed E-state index contributed by atoms with van der Waals surface area (Å²) >= 11 is 5.81. The molecule has 16 heavy (non-hydrogen) atoms. The van der Waals surface area contributed by atoms with Crippen molar-refractivity contribution in [3.63, 3.8) is 0 Å². The molecule has 0 aliphatic rings. The molecule has 0 atom stereocenters. The summed E-state index contributed by atoms with van der Waals surface area (Å²) in [6.07, 6.45) is 0. The van der Waals surface area contributed by atoms with Crippen molar-refractivity contribution < 1.29 is 4.74 Å². The summed E-state index contributed by atoms with van der Waals surface area (Å²) < 4.78 is 5.20. The lowest BCUT2D eigenvalue weighted by Crippen LogP contribution is -1.88. The maximum absolute atomic E-state index is 8.76. The lowest BCUT2D eigenvalue weighted by molar-refractivity contribution is 0.416. The SMILES string of the molecule is COc1ccccc1-c1nc(C#N)c(Cl)[nH]1. The molecule has 0 saturated heterocycles. The highest BCUT2D eigenvalue weighted by atomic mass is 35.5. The number of hydrogen-bond donors (Lipinski definition) is 1. The number of para-hydroxylation sites is 1. The van der Waals surface area contributed by atoms with Gasteiger partial charge in [-0.05, 0) is 12.1 Å². The summed E-state index contributed by atoms with van der Waals surface area (Å²) in [6, 6.07) is 9.29. The number of H-pyrrole nitrogens is 1. The van der Waals surface area contributed by atoms with Crippen LogP contribution < -0.4 is 4.74 Å². The first kappa shape index (κ1) is 10.5. The summed E-state index contributed by atoms with van der Waals surface area (Å²) in [5.74, 6) is 1.21. The van der Waals surface area contributed by atoms with Gasteiger partial charge in [-0.25, -0.2) is 4.98 Å². The molecule has 4 nitrogen and oxygen atoms in total. The fraction of sp³-hybridized carbons (Fsp3) is 0.0909.